The van der Waals surface area contributed by atoms with Gasteiger partial charge in [-0.25, -0.2) is 8.42 Å². The summed E-state index contributed by atoms with van der Waals surface area (Å²) >= 11 is 0. The van der Waals surface area contributed by atoms with Crippen LogP contribution in [0.25, 0.3) is 0 Å². The molecule has 0 saturated carbocycles. The second kappa shape index (κ2) is 3.20. The van der Waals surface area contributed by atoms with E-state index in [1.807, 2.05) is 0 Å². The van der Waals surface area contributed by atoms with Crippen LogP contribution in [0.5, 0.6) is 0 Å². The third kappa shape index (κ3) is 1.76. The van der Waals surface area contributed by atoms with E-state index in [0.29, 0.717) is 19.3 Å². The van der Waals surface area contributed by atoms with Crippen LogP contribution in [0.1, 0.15) is 17.8 Å². The summed E-state index contributed by atoms with van der Waals surface area (Å²) in [6.07, 6.45) is 1.56. The number of hydrogen-bond acceptors (Lipinski definition) is 4. The summed E-state index contributed by atoms with van der Waals surface area (Å²) < 4.78 is 22.2. The largest absolute Gasteiger partial charge is 0.235 e. The van der Waals surface area contributed by atoms with E-state index in [1.54, 1.807) is 7.05 Å². The van der Waals surface area contributed by atoms with Crippen LogP contribution in [-0.2, 0) is 28.9 Å². The highest BCUT2D eigenvalue weighted by atomic mass is 35.7. The van der Waals surface area contributed by atoms with Gasteiger partial charge in [-0.3, -0.25) is 0 Å². The van der Waals surface area contributed by atoms with E-state index < -0.39 is 14.3 Å². The summed E-state index contributed by atoms with van der Waals surface area (Å²) in [4.78, 5) is 1.47. The van der Waals surface area contributed by atoms with Gasteiger partial charge < -0.3 is 0 Å². The van der Waals surface area contributed by atoms with Gasteiger partial charge in [0.05, 0.1) is 16.6 Å². The lowest BCUT2D eigenvalue weighted by Gasteiger charge is -2.16. The number of rotatable bonds is 1. The number of aromatic nitrogens is 3. The van der Waals surface area contributed by atoms with Crippen molar-refractivity contribution in [3.05, 3.63) is 11.4 Å². The van der Waals surface area contributed by atoms with Crippen LogP contribution in [0.3, 0.4) is 0 Å². The zero-order valence-electron chi connectivity index (χ0n) is 7.64. The summed E-state index contributed by atoms with van der Waals surface area (Å²) in [5, 5.41) is 7.73. The van der Waals surface area contributed by atoms with Crippen LogP contribution < -0.4 is 0 Å². The Hall–Kier alpha value is -0.620. The maximum atomic E-state index is 11.1. The van der Waals surface area contributed by atoms with E-state index in [2.05, 4.69) is 10.2 Å². The topological polar surface area (TPSA) is 64.8 Å². The van der Waals surface area contributed by atoms with Crippen molar-refractivity contribution >= 4 is 19.7 Å². The van der Waals surface area contributed by atoms with Gasteiger partial charge in [-0.05, 0) is 12.8 Å². The molecule has 5 nitrogen and oxygen atoms in total. The first-order chi connectivity index (χ1) is 6.47. The molecule has 0 fully saturated rings. The third-order valence-electron chi connectivity index (χ3n) is 2.39. The standard InChI is InChI=1S/C7H10ClN3O2S/c1-11-9-6-3-2-5(14(8,12)13)4-7(6)10-11/h5H,2-4H2,1H3. The van der Waals surface area contributed by atoms with Crippen molar-refractivity contribution in [1.29, 1.82) is 0 Å². The van der Waals surface area contributed by atoms with Gasteiger partial charge in [0.2, 0.25) is 9.05 Å². The van der Waals surface area contributed by atoms with E-state index in [1.165, 1.54) is 4.80 Å². The average Bonchev–Trinajstić information content (AvgIpc) is 2.41. The normalized spacial score (nSPS) is 22.0. The molecule has 1 heterocycles. The summed E-state index contributed by atoms with van der Waals surface area (Å²) in [7, 11) is 3.56. The predicted octanol–water partition coefficient (Wildman–Crippen LogP) is 0.241. The molecule has 0 amide bonds. The Labute approximate surface area is 86.5 Å². The fourth-order valence-electron chi connectivity index (χ4n) is 1.70. The second-order valence-electron chi connectivity index (χ2n) is 3.42. The Morgan fingerprint density at radius 1 is 1.43 bits per heavy atom. The SMILES string of the molecule is Cn1nc2c(n1)CC(S(=O)(=O)Cl)CC2. The van der Waals surface area contributed by atoms with Crippen molar-refractivity contribution in [1.82, 2.24) is 15.0 Å². The molecule has 1 unspecified atom stereocenters. The molecule has 0 saturated heterocycles. The lowest BCUT2D eigenvalue weighted by atomic mass is 10.0. The highest BCUT2D eigenvalue weighted by Crippen LogP contribution is 2.24. The molecule has 1 aliphatic carbocycles. The third-order valence-corrected chi connectivity index (χ3v) is 4.34. The predicted molar refractivity (Wildman–Crippen MR) is 51.6 cm³/mol. The molecule has 0 spiro atoms. The van der Waals surface area contributed by atoms with E-state index in [-0.39, 0.29) is 0 Å². The van der Waals surface area contributed by atoms with Gasteiger partial charge in [-0.15, -0.1) is 0 Å². The van der Waals surface area contributed by atoms with Gasteiger partial charge in [-0.2, -0.15) is 15.0 Å². The van der Waals surface area contributed by atoms with Gasteiger partial charge in [0.1, 0.15) is 0 Å². The highest BCUT2D eigenvalue weighted by Gasteiger charge is 2.30. The van der Waals surface area contributed by atoms with Gasteiger partial charge in [-0.1, -0.05) is 0 Å². The van der Waals surface area contributed by atoms with Crippen LogP contribution in [0.2, 0.25) is 0 Å². The molecule has 78 valence electrons. The Balaban J connectivity index is 2.30. The van der Waals surface area contributed by atoms with E-state index in [9.17, 15) is 8.42 Å². The van der Waals surface area contributed by atoms with Crippen LogP contribution in [0.15, 0.2) is 0 Å². The zero-order valence-corrected chi connectivity index (χ0v) is 9.22. The van der Waals surface area contributed by atoms with Crippen molar-refractivity contribution < 1.29 is 8.42 Å². The van der Waals surface area contributed by atoms with Gasteiger partial charge >= 0.3 is 0 Å². The molecule has 0 radical (unpaired) electrons. The molecule has 1 aromatic rings. The van der Waals surface area contributed by atoms with Gasteiger partial charge in [0.15, 0.2) is 0 Å². The number of fused-ring (bicyclic) bond motifs is 1. The van der Waals surface area contributed by atoms with E-state index in [0.717, 1.165) is 11.4 Å². The molecular formula is C7H10ClN3O2S. The number of halogens is 1. The first kappa shape index (κ1) is 9.92. The van der Waals surface area contributed by atoms with Crippen LogP contribution in [0, 0.1) is 0 Å². The maximum absolute atomic E-state index is 11.1. The smallest absolute Gasteiger partial charge is 0.212 e. The minimum atomic E-state index is -3.46. The molecule has 7 heteroatoms. The monoisotopic (exact) mass is 235 g/mol. The Kier molecular flexibility index (Phi) is 2.27. The highest BCUT2D eigenvalue weighted by molar-refractivity contribution is 8.14. The van der Waals surface area contributed by atoms with Crippen molar-refractivity contribution in [2.75, 3.05) is 0 Å². The quantitative estimate of drug-likeness (QED) is 0.655. The van der Waals surface area contributed by atoms with Crippen molar-refractivity contribution in [3.8, 4) is 0 Å². The lowest BCUT2D eigenvalue weighted by molar-refractivity contribution is 0.572. The van der Waals surface area contributed by atoms with Crippen LogP contribution >= 0.6 is 10.7 Å². The first-order valence-corrected chi connectivity index (χ1v) is 6.66. The molecule has 0 N–H and O–H groups in total. The van der Waals surface area contributed by atoms with E-state index >= 15 is 0 Å². The Morgan fingerprint density at radius 3 is 2.71 bits per heavy atom. The molecule has 2 rings (SSSR count). The molecule has 1 atom stereocenters. The second-order valence-corrected chi connectivity index (χ2v) is 6.33. The summed E-state index contributed by atoms with van der Waals surface area (Å²) in [5.41, 5.74) is 1.65. The molecule has 0 aliphatic heterocycles. The Morgan fingerprint density at radius 2 is 2.07 bits per heavy atom. The molecule has 14 heavy (non-hydrogen) atoms. The minimum absolute atomic E-state index is 0.384. The number of aryl methyl sites for hydroxylation is 2. The fraction of sp³-hybridized carbons (Fsp3) is 0.714. The maximum Gasteiger partial charge on any atom is 0.235 e. The Bertz CT molecular complexity index is 454. The summed E-state index contributed by atoms with van der Waals surface area (Å²) in [5.74, 6) is 0. The van der Waals surface area contributed by atoms with Crippen LogP contribution in [0.4, 0.5) is 0 Å². The first-order valence-electron chi connectivity index (χ1n) is 4.29. The van der Waals surface area contributed by atoms with Crippen molar-refractivity contribution in [3.63, 3.8) is 0 Å². The van der Waals surface area contributed by atoms with E-state index in [4.69, 9.17) is 10.7 Å². The molecule has 0 bridgehead atoms. The molecule has 1 aliphatic rings. The zero-order chi connectivity index (χ0) is 10.3. The van der Waals surface area contributed by atoms with Gasteiger partial charge in [0.25, 0.3) is 0 Å². The van der Waals surface area contributed by atoms with Crippen molar-refractivity contribution in [2.24, 2.45) is 7.05 Å². The minimum Gasteiger partial charge on any atom is -0.212 e. The number of nitrogens with zero attached hydrogens (tertiary/aromatic N) is 3. The fourth-order valence-corrected chi connectivity index (χ4v) is 2.91. The van der Waals surface area contributed by atoms with Crippen molar-refractivity contribution in [2.45, 2.75) is 24.5 Å². The molecule has 1 aromatic heterocycles. The van der Waals surface area contributed by atoms with Crippen LogP contribution in [-0.4, -0.2) is 28.7 Å². The molecular weight excluding hydrogens is 226 g/mol. The lowest BCUT2D eigenvalue weighted by Crippen LogP contribution is -2.24. The number of hydrogen-bond donors (Lipinski definition) is 0. The summed E-state index contributed by atoms with van der Waals surface area (Å²) in [6.45, 7) is 0. The molecule has 0 aromatic carbocycles. The summed E-state index contributed by atoms with van der Waals surface area (Å²) in [6, 6.07) is 0. The van der Waals surface area contributed by atoms with Gasteiger partial charge in [0, 0.05) is 24.2 Å². The average molecular weight is 236 g/mol.